The number of pyridine rings is 1. The predicted octanol–water partition coefficient (Wildman–Crippen LogP) is 3.60. The molecule has 0 spiro atoms. The van der Waals surface area contributed by atoms with Gasteiger partial charge in [0.1, 0.15) is 11.5 Å². The van der Waals surface area contributed by atoms with E-state index < -0.39 is 11.5 Å². The molecule has 26 heavy (non-hydrogen) atoms. The van der Waals surface area contributed by atoms with E-state index in [0.717, 1.165) is 12.8 Å². The summed E-state index contributed by atoms with van der Waals surface area (Å²) in [7, 11) is 0. The van der Waals surface area contributed by atoms with Gasteiger partial charge in [-0.2, -0.15) is 0 Å². The van der Waals surface area contributed by atoms with Gasteiger partial charge in [-0.3, -0.25) is 4.79 Å². The molecule has 2 fully saturated rings. The van der Waals surface area contributed by atoms with E-state index in [2.05, 4.69) is 0 Å². The monoisotopic (exact) mass is 362 g/mol. The highest BCUT2D eigenvalue weighted by Crippen LogP contribution is 2.41. The number of aliphatic hydroxyl groups excluding tert-OH is 1. The zero-order valence-corrected chi connectivity index (χ0v) is 15.2. The average Bonchev–Trinajstić information content (AvgIpc) is 3.37. The summed E-state index contributed by atoms with van der Waals surface area (Å²) in [6.07, 6.45) is 2.61. The third kappa shape index (κ3) is 2.62. The Balaban J connectivity index is 1.94. The number of nitrogens with zero attached hydrogens (tertiary/aromatic N) is 2. The Labute approximate surface area is 151 Å². The van der Waals surface area contributed by atoms with Crippen LogP contribution in [0.5, 0.6) is 0 Å². The molecule has 4 rings (SSSR count). The molecule has 2 aliphatic rings. The maximum Gasteiger partial charge on any atom is 0.256 e. The van der Waals surface area contributed by atoms with Crippen molar-refractivity contribution < 1.29 is 13.9 Å². The fraction of sp³-hybridized carbons (Fsp3) is 0.550. The largest absolute Gasteiger partial charge is 0.391 e. The minimum atomic E-state index is -1.29. The molecule has 0 amide bonds. The molecule has 1 aromatic heterocycles. The molecule has 0 radical (unpaired) electrons. The molecule has 2 aromatic rings. The number of fused-ring (bicyclic) bond motifs is 1. The Kier molecular flexibility index (Phi) is 4.06. The standard InChI is InChI=1S/C20H24F2N2O2/c1-3-20(22)6-7-23(11-20)18-12(2)17-13(9-16(18)21)8-14(10-25)19(26)24(17)15-4-5-15/h8-9,15,25H,3-7,10-11H2,1-2H3. The van der Waals surface area contributed by atoms with E-state index in [4.69, 9.17) is 0 Å². The Morgan fingerprint density at radius 1 is 1.35 bits per heavy atom. The molecule has 1 aromatic carbocycles. The first-order valence-electron chi connectivity index (χ1n) is 9.30. The molecule has 0 bridgehead atoms. The van der Waals surface area contributed by atoms with Gasteiger partial charge >= 0.3 is 0 Å². The normalized spacial score (nSPS) is 23.2. The molecule has 140 valence electrons. The number of alkyl halides is 1. The van der Waals surface area contributed by atoms with Crippen LogP contribution in [0.25, 0.3) is 10.9 Å². The molecule has 4 nitrogen and oxygen atoms in total. The van der Waals surface area contributed by atoms with Gasteiger partial charge in [0.15, 0.2) is 0 Å². The molecule has 6 heteroatoms. The second-order valence-corrected chi connectivity index (χ2v) is 7.68. The maximum atomic E-state index is 15.0. The Hall–Kier alpha value is -1.95. The number of benzene rings is 1. The van der Waals surface area contributed by atoms with Crippen LogP contribution in [0.3, 0.4) is 0 Å². The summed E-state index contributed by atoms with van der Waals surface area (Å²) in [6, 6.07) is 3.09. The van der Waals surface area contributed by atoms with Crippen LogP contribution in [0.4, 0.5) is 14.5 Å². The van der Waals surface area contributed by atoms with Crippen LogP contribution in [-0.2, 0) is 6.61 Å². The summed E-state index contributed by atoms with van der Waals surface area (Å²) in [4.78, 5) is 14.5. The van der Waals surface area contributed by atoms with Crippen LogP contribution in [0.1, 0.15) is 49.8 Å². The highest BCUT2D eigenvalue weighted by molar-refractivity contribution is 5.88. The number of hydrogen-bond acceptors (Lipinski definition) is 3. The highest BCUT2D eigenvalue weighted by Gasteiger charge is 2.38. The highest BCUT2D eigenvalue weighted by atomic mass is 19.1. The lowest BCUT2D eigenvalue weighted by molar-refractivity contribution is 0.186. The zero-order valence-electron chi connectivity index (χ0n) is 15.2. The van der Waals surface area contributed by atoms with Crippen LogP contribution < -0.4 is 10.5 Å². The van der Waals surface area contributed by atoms with E-state index >= 15 is 0 Å². The number of hydrogen-bond donors (Lipinski definition) is 1. The minimum Gasteiger partial charge on any atom is -0.391 e. The molecular weight excluding hydrogens is 338 g/mol. The fourth-order valence-electron chi connectivity index (χ4n) is 4.21. The van der Waals surface area contributed by atoms with E-state index in [1.807, 2.05) is 13.8 Å². The van der Waals surface area contributed by atoms with E-state index in [1.165, 1.54) is 6.07 Å². The molecule has 1 atom stereocenters. The first-order chi connectivity index (χ1) is 12.4. The van der Waals surface area contributed by atoms with Gasteiger partial charge in [0, 0.05) is 30.0 Å². The second-order valence-electron chi connectivity index (χ2n) is 7.68. The summed E-state index contributed by atoms with van der Waals surface area (Å²) < 4.78 is 31.4. The number of aliphatic hydroxyl groups is 1. The summed E-state index contributed by atoms with van der Waals surface area (Å²) >= 11 is 0. The fourth-order valence-corrected chi connectivity index (χ4v) is 4.21. The second kappa shape index (κ2) is 6.05. The third-order valence-electron chi connectivity index (χ3n) is 5.89. The van der Waals surface area contributed by atoms with Crippen molar-refractivity contribution in [3.8, 4) is 0 Å². The Morgan fingerprint density at radius 2 is 2.08 bits per heavy atom. The van der Waals surface area contributed by atoms with Crippen molar-refractivity contribution in [2.24, 2.45) is 0 Å². The summed E-state index contributed by atoms with van der Waals surface area (Å²) in [5.41, 5.74) is 0.567. The van der Waals surface area contributed by atoms with Crippen molar-refractivity contribution in [3.63, 3.8) is 0 Å². The van der Waals surface area contributed by atoms with Crippen LogP contribution in [-0.4, -0.2) is 28.4 Å². The lowest BCUT2D eigenvalue weighted by atomic mass is 10.0. The zero-order chi connectivity index (χ0) is 18.6. The van der Waals surface area contributed by atoms with Gasteiger partial charge in [0.05, 0.1) is 24.4 Å². The van der Waals surface area contributed by atoms with Gasteiger partial charge in [0.25, 0.3) is 5.56 Å². The number of rotatable bonds is 4. The minimum absolute atomic E-state index is 0.1000. The molecule has 1 unspecified atom stereocenters. The van der Waals surface area contributed by atoms with E-state index in [9.17, 15) is 18.7 Å². The third-order valence-corrected chi connectivity index (χ3v) is 5.89. The van der Waals surface area contributed by atoms with Crippen LogP contribution in [0.2, 0.25) is 0 Å². The molecule has 2 heterocycles. The van der Waals surface area contributed by atoms with Crippen molar-refractivity contribution in [1.29, 1.82) is 0 Å². The van der Waals surface area contributed by atoms with E-state index in [-0.39, 0.29) is 30.3 Å². The molecular formula is C20H24F2N2O2. The van der Waals surface area contributed by atoms with Crippen molar-refractivity contribution in [3.05, 3.63) is 39.4 Å². The first-order valence-corrected chi connectivity index (χ1v) is 9.30. The van der Waals surface area contributed by atoms with Crippen molar-refractivity contribution in [2.75, 3.05) is 18.0 Å². The predicted molar refractivity (Wildman–Crippen MR) is 98.1 cm³/mol. The van der Waals surface area contributed by atoms with Gasteiger partial charge < -0.3 is 14.6 Å². The molecule has 1 saturated heterocycles. The summed E-state index contributed by atoms with van der Waals surface area (Å²) in [5.74, 6) is -0.403. The van der Waals surface area contributed by atoms with Crippen LogP contribution >= 0.6 is 0 Å². The lowest BCUT2D eigenvalue weighted by Crippen LogP contribution is -2.30. The number of aryl methyl sites for hydroxylation is 1. The number of anilines is 1. The molecule has 1 N–H and O–H groups in total. The van der Waals surface area contributed by atoms with Gasteiger partial charge in [-0.25, -0.2) is 8.78 Å². The number of halogens is 2. The summed E-state index contributed by atoms with van der Waals surface area (Å²) in [5, 5.41) is 10.1. The van der Waals surface area contributed by atoms with Gasteiger partial charge in [-0.1, -0.05) is 6.92 Å². The SMILES string of the molecule is CCC1(F)CCN(c2c(F)cc3cc(CO)c(=O)n(C4CC4)c3c2C)C1. The summed E-state index contributed by atoms with van der Waals surface area (Å²) in [6.45, 7) is 3.90. The molecule has 1 aliphatic heterocycles. The van der Waals surface area contributed by atoms with Crippen molar-refractivity contribution >= 4 is 16.6 Å². The topological polar surface area (TPSA) is 45.5 Å². The average molecular weight is 362 g/mol. The lowest BCUT2D eigenvalue weighted by Gasteiger charge is -2.25. The Bertz CT molecular complexity index is 936. The van der Waals surface area contributed by atoms with Gasteiger partial charge in [-0.05, 0) is 43.9 Å². The number of aromatic nitrogens is 1. The molecule has 1 saturated carbocycles. The Morgan fingerprint density at radius 3 is 2.65 bits per heavy atom. The van der Waals surface area contributed by atoms with Gasteiger partial charge in [-0.15, -0.1) is 0 Å². The smallest absolute Gasteiger partial charge is 0.256 e. The molecule has 1 aliphatic carbocycles. The van der Waals surface area contributed by atoms with Crippen molar-refractivity contribution in [2.45, 2.75) is 57.8 Å². The maximum absolute atomic E-state index is 15.0. The van der Waals surface area contributed by atoms with Crippen LogP contribution in [0.15, 0.2) is 16.9 Å². The van der Waals surface area contributed by atoms with E-state index in [1.54, 1.807) is 15.5 Å². The quantitative estimate of drug-likeness (QED) is 0.904. The van der Waals surface area contributed by atoms with Crippen LogP contribution in [0, 0.1) is 12.7 Å². The van der Waals surface area contributed by atoms with Gasteiger partial charge in [0.2, 0.25) is 0 Å². The van der Waals surface area contributed by atoms with Crippen molar-refractivity contribution in [1.82, 2.24) is 4.57 Å². The first kappa shape index (κ1) is 17.5. The van der Waals surface area contributed by atoms with E-state index in [0.29, 0.717) is 41.5 Å².